The van der Waals surface area contributed by atoms with Crippen molar-refractivity contribution in [1.82, 2.24) is 9.55 Å². The highest BCUT2D eigenvalue weighted by atomic mass is 32.2. The van der Waals surface area contributed by atoms with E-state index in [1.54, 1.807) is 17.5 Å². The second-order valence-corrected chi connectivity index (χ2v) is 8.75. The standard InChI is InChI=1S/C22H15F4N3O2S2/c23-15-7-3-1-5-13(15)11-29-20(31)19-17(9-10-32-19)28-21(29)33-12-18(30)27-16-8-4-2-6-14(16)22(24,25)26/h1-10H,11-12H2,(H,27,30). The van der Waals surface area contributed by atoms with Crippen LogP contribution in [0.4, 0.5) is 23.2 Å². The summed E-state index contributed by atoms with van der Waals surface area (Å²) in [6, 6.07) is 12.3. The maximum absolute atomic E-state index is 14.2. The molecule has 2 aromatic carbocycles. The second-order valence-electron chi connectivity index (χ2n) is 6.89. The molecule has 4 rings (SSSR count). The number of amides is 1. The van der Waals surface area contributed by atoms with E-state index >= 15 is 0 Å². The molecule has 5 nitrogen and oxygen atoms in total. The molecular formula is C22H15F4N3O2S2. The molecule has 11 heteroatoms. The molecule has 0 bridgehead atoms. The molecule has 0 atom stereocenters. The van der Waals surface area contributed by atoms with E-state index in [1.165, 1.54) is 46.2 Å². The number of rotatable bonds is 6. The van der Waals surface area contributed by atoms with Crippen LogP contribution in [0.5, 0.6) is 0 Å². The number of aromatic nitrogens is 2. The zero-order valence-corrected chi connectivity index (χ0v) is 18.4. The number of thiophene rings is 1. The molecule has 0 saturated heterocycles. The van der Waals surface area contributed by atoms with Gasteiger partial charge in [-0.1, -0.05) is 42.1 Å². The van der Waals surface area contributed by atoms with Crippen LogP contribution in [-0.2, 0) is 17.5 Å². The van der Waals surface area contributed by atoms with E-state index < -0.39 is 23.5 Å². The molecule has 0 aliphatic carbocycles. The van der Waals surface area contributed by atoms with Crippen molar-refractivity contribution in [3.8, 4) is 0 Å². The fourth-order valence-corrected chi connectivity index (χ4v) is 4.70. The number of carbonyl (C=O) groups excluding carboxylic acids is 1. The van der Waals surface area contributed by atoms with Gasteiger partial charge >= 0.3 is 6.18 Å². The van der Waals surface area contributed by atoms with E-state index in [0.29, 0.717) is 10.2 Å². The zero-order chi connectivity index (χ0) is 23.6. The van der Waals surface area contributed by atoms with Crippen molar-refractivity contribution in [3.63, 3.8) is 0 Å². The van der Waals surface area contributed by atoms with Gasteiger partial charge in [0.2, 0.25) is 5.91 Å². The van der Waals surface area contributed by atoms with Gasteiger partial charge in [0, 0.05) is 5.56 Å². The van der Waals surface area contributed by atoms with E-state index in [2.05, 4.69) is 10.3 Å². The van der Waals surface area contributed by atoms with Crippen LogP contribution in [0.15, 0.2) is 69.9 Å². The van der Waals surface area contributed by atoms with Gasteiger partial charge in [-0.05, 0) is 29.6 Å². The first-order valence-electron chi connectivity index (χ1n) is 9.54. The minimum absolute atomic E-state index is 0.104. The van der Waals surface area contributed by atoms with E-state index in [1.807, 2.05) is 0 Å². The minimum Gasteiger partial charge on any atom is -0.325 e. The van der Waals surface area contributed by atoms with Crippen molar-refractivity contribution < 1.29 is 22.4 Å². The molecule has 33 heavy (non-hydrogen) atoms. The van der Waals surface area contributed by atoms with Crippen LogP contribution in [0.3, 0.4) is 0 Å². The third-order valence-corrected chi connectivity index (χ3v) is 6.52. The number of anilines is 1. The number of carbonyl (C=O) groups is 1. The Kier molecular flexibility index (Phi) is 6.52. The van der Waals surface area contributed by atoms with Crippen LogP contribution in [0.25, 0.3) is 10.2 Å². The van der Waals surface area contributed by atoms with Crippen molar-refractivity contribution in [1.29, 1.82) is 0 Å². The van der Waals surface area contributed by atoms with Gasteiger partial charge < -0.3 is 5.32 Å². The van der Waals surface area contributed by atoms with Crippen LogP contribution in [-0.4, -0.2) is 21.2 Å². The third-order valence-electron chi connectivity index (χ3n) is 4.66. The average Bonchev–Trinajstić information content (AvgIpc) is 3.24. The summed E-state index contributed by atoms with van der Waals surface area (Å²) >= 11 is 2.08. The second kappa shape index (κ2) is 9.36. The number of nitrogens with zero attached hydrogens (tertiary/aromatic N) is 2. The molecule has 0 saturated carbocycles. The molecule has 2 aromatic heterocycles. The van der Waals surface area contributed by atoms with Crippen LogP contribution in [0.2, 0.25) is 0 Å². The molecule has 0 unspecified atom stereocenters. The molecule has 0 aliphatic rings. The number of alkyl halides is 3. The predicted molar refractivity (Wildman–Crippen MR) is 120 cm³/mol. The molecule has 0 fully saturated rings. The number of thioether (sulfide) groups is 1. The average molecular weight is 494 g/mol. The quantitative estimate of drug-likeness (QED) is 0.222. The SMILES string of the molecule is O=C(CSc1nc2ccsc2c(=O)n1Cc1ccccc1F)Nc1ccccc1C(F)(F)F. The molecular weight excluding hydrogens is 478 g/mol. The summed E-state index contributed by atoms with van der Waals surface area (Å²) in [5, 5.41) is 4.12. The normalized spacial score (nSPS) is 11.6. The van der Waals surface area contributed by atoms with Crippen molar-refractivity contribution in [2.45, 2.75) is 17.9 Å². The fraction of sp³-hybridized carbons (Fsp3) is 0.136. The largest absolute Gasteiger partial charge is 0.418 e. The van der Waals surface area contributed by atoms with Crippen molar-refractivity contribution >= 4 is 44.9 Å². The van der Waals surface area contributed by atoms with Crippen LogP contribution in [0, 0.1) is 5.82 Å². The number of hydrogen-bond donors (Lipinski definition) is 1. The van der Waals surface area contributed by atoms with Gasteiger partial charge in [0.1, 0.15) is 10.5 Å². The lowest BCUT2D eigenvalue weighted by molar-refractivity contribution is -0.137. The Morgan fingerprint density at radius 3 is 2.58 bits per heavy atom. The van der Waals surface area contributed by atoms with Gasteiger partial charge in [0.15, 0.2) is 5.16 Å². The smallest absolute Gasteiger partial charge is 0.325 e. The van der Waals surface area contributed by atoms with E-state index in [0.717, 1.165) is 23.9 Å². The first-order valence-corrected chi connectivity index (χ1v) is 11.4. The number of para-hydroxylation sites is 1. The number of halogens is 4. The highest BCUT2D eigenvalue weighted by molar-refractivity contribution is 7.99. The van der Waals surface area contributed by atoms with Gasteiger partial charge in [-0.15, -0.1) is 11.3 Å². The molecule has 4 aromatic rings. The fourth-order valence-electron chi connectivity index (χ4n) is 3.13. The molecule has 1 amide bonds. The van der Waals surface area contributed by atoms with E-state index in [4.69, 9.17) is 0 Å². The maximum Gasteiger partial charge on any atom is 0.418 e. The summed E-state index contributed by atoms with van der Waals surface area (Å²) in [7, 11) is 0. The van der Waals surface area contributed by atoms with Crippen LogP contribution >= 0.6 is 23.1 Å². The number of fused-ring (bicyclic) bond motifs is 1. The highest BCUT2D eigenvalue weighted by Crippen LogP contribution is 2.34. The summed E-state index contributed by atoms with van der Waals surface area (Å²) in [6.07, 6.45) is -4.62. The Hall–Kier alpha value is -3.18. The Bertz CT molecular complexity index is 1380. The maximum atomic E-state index is 14.2. The molecule has 1 N–H and O–H groups in total. The lowest BCUT2D eigenvalue weighted by Gasteiger charge is -2.14. The molecule has 0 aliphatic heterocycles. The summed E-state index contributed by atoms with van der Waals surface area (Å²) < 4.78 is 55.3. The first-order chi connectivity index (χ1) is 15.7. The van der Waals surface area contributed by atoms with Gasteiger partial charge in [-0.2, -0.15) is 13.2 Å². The van der Waals surface area contributed by atoms with E-state index in [-0.39, 0.29) is 34.3 Å². The van der Waals surface area contributed by atoms with E-state index in [9.17, 15) is 27.2 Å². The molecule has 2 heterocycles. The minimum atomic E-state index is -4.62. The van der Waals surface area contributed by atoms with Gasteiger partial charge in [-0.25, -0.2) is 9.37 Å². The highest BCUT2D eigenvalue weighted by Gasteiger charge is 2.33. The third kappa shape index (κ3) is 5.09. The van der Waals surface area contributed by atoms with Gasteiger partial charge in [0.05, 0.1) is 29.1 Å². The predicted octanol–water partition coefficient (Wildman–Crippen LogP) is 5.40. The van der Waals surface area contributed by atoms with Crippen molar-refractivity contribution in [2.75, 3.05) is 11.1 Å². The lowest BCUT2D eigenvalue weighted by Crippen LogP contribution is -2.24. The summed E-state index contributed by atoms with van der Waals surface area (Å²) in [6.45, 7) is -0.104. The summed E-state index contributed by atoms with van der Waals surface area (Å²) in [4.78, 5) is 29.8. The summed E-state index contributed by atoms with van der Waals surface area (Å²) in [5.41, 5.74) is -1.01. The number of benzene rings is 2. The number of hydrogen-bond acceptors (Lipinski definition) is 5. The van der Waals surface area contributed by atoms with Gasteiger partial charge in [-0.3, -0.25) is 14.2 Å². The molecule has 0 spiro atoms. The Balaban J connectivity index is 1.59. The molecule has 170 valence electrons. The Morgan fingerprint density at radius 2 is 1.82 bits per heavy atom. The van der Waals surface area contributed by atoms with Gasteiger partial charge in [0.25, 0.3) is 5.56 Å². The zero-order valence-electron chi connectivity index (χ0n) is 16.7. The van der Waals surface area contributed by atoms with Crippen molar-refractivity contribution in [3.05, 3.63) is 87.3 Å². The molecule has 0 radical (unpaired) electrons. The monoisotopic (exact) mass is 493 g/mol. The van der Waals surface area contributed by atoms with Crippen molar-refractivity contribution in [2.24, 2.45) is 0 Å². The van der Waals surface area contributed by atoms with Crippen LogP contribution < -0.4 is 10.9 Å². The van der Waals surface area contributed by atoms with Crippen LogP contribution in [0.1, 0.15) is 11.1 Å². The number of nitrogens with one attached hydrogen (secondary N) is 1. The Morgan fingerprint density at radius 1 is 1.09 bits per heavy atom. The lowest BCUT2D eigenvalue weighted by atomic mass is 10.1. The Labute approximate surface area is 193 Å². The summed E-state index contributed by atoms with van der Waals surface area (Å²) in [5.74, 6) is -1.49. The topological polar surface area (TPSA) is 64.0 Å². The first kappa shape index (κ1) is 23.0.